The highest BCUT2D eigenvalue weighted by molar-refractivity contribution is 5.84. The maximum absolute atomic E-state index is 12.3. The first-order chi connectivity index (χ1) is 8.88. The second kappa shape index (κ2) is 7.25. The topological polar surface area (TPSA) is 58.4 Å². The molecular weight excluding hydrogens is 238 g/mol. The molecule has 1 aliphatic heterocycles. The molecule has 0 aromatic heterocycles. The van der Waals surface area contributed by atoms with Crippen LogP contribution in [0.1, 0.15) is 47.0 Å². The summed E-state index contributed by atoms with van der Waals surface area (Å²) in [6.07, 6.45) is 2.81. The van der Waals surface area contributed by atoms with Gasteiger partial charge < -0.3 is 11.1 Å². The third kappa shape index (κ3) is 4.46. The lowest BCUT2D eigenvalue weighted by Crippen LogP contribution is -2.59. The van der Waals surface area contributed by atoms with Gasteiger partial charge in [0.1, 0.15) is 5.54 Å². The van der Waals surface area contributed by atoms with Crippen LogP contribution < -0.4 is 11.1 Å². The molecule has 0 atom stereocenters. The summed E-state index contributed by atoms with van der Waals surface area (Å²) < 4.78 is 0. The van der Waals surface area contributed by atoms with Crippen LogP contribution in [-0.2, 0) is 4.79 Å². The van der Waals surface area contributed by atoms with Gasteiger partial charge in [0.25, 0.3) is 0 Å². The summed E-state index contributed by atoms with van der Waals surface area (Å²) in [5.41, 5.74) is 5.39. The minimum atomic E-state index is -0.464. The Morgan fingerprint density at radius 1 is 1.16 bits per heavy atom. The Kier molecular flexibility index (Phi) is 6.27. The second-order valence-corrected chi connectivity index (χ2v) is 6.68. The van der Waals surface area contributed by atoms with Crippen molar-refractivity contribution in [2.45, 2.75) is 52.5 Å². The molecule has 0 radical (unpaired) electrons. The van der Waals surface area contributed by atoms with Crippen molar-refractivity contribution in [2.75, 3.05) is 26.2 Å². The quantitative estimate of drug-likeness (QED) is 0.770. The number of nitrogens with zero attached hydrogens (tertiary/aromatic N) is 1. The van der Waals surface area contributed by atoms with E-state index >= 15 is 0 Å². The first-order valence-corrected chi connectivity index (χ1v) is 7.64. The largest absolute Gasteiger partial charge is 0.368 e. The summed E-state index contributed by atoms with van der Waals surface area (Å²) in [5.74, 6) is 0.807. The van der Waals surface area contributed by atoms with Crippen LogP contribution in [0.25, 0.3) is 0 Å². The van der Waals surface area contributed by atoms with Crippen LogP contribution in [0.3, 0.4) is 0 Å². The molecule has 1 amide bonds. The van der Waals surface area contributed by atoms with Gasteiger partial charge in [-0.2, -0.15) is 0 Å². The van der Waals surface area contributed by atoms with Gasteiger partial charge in [0, 0.05) is 19.6 Å². The number of nitrogens with two attached hydrogens (primary N) is 1. The van der Waals surface area contributed by atoms with Crippen molar-refractivity contribution in [1.82, 2.24) is 10.2 Å². The van der Waals surface area contributed by atoms with Gasteiger partial charge in [-0.05, 0) is 37.6 Å². The van der Waals surface area contributed by atoms with Crippen molar-refractivity contribution in [3.05, 3.63) is 0 Å². The van der Waals surface area contributed by atoms with Gasteiger partial charge in [-0.1, -0.05) is 27.7 Å². The average Bonchev–Trinajstić information content (AvgIpc) is 2.54. The van der Waals surface area contributed by atoms with Gasteiger partial charge in [-0.3, -0.25) is 9.69 Å². The fourth-order valence-corrected chi connectivity index (χ4v) is 3.32. The van der Waals surface area contributed by atoms with Gasteiger partial charge in [0.05, 0.1) is 0 Å². The minimum Gasteiger partial charge on any atom is -0.368 e. The maximum Gasteiger partial charge on any atom is 0.237 e. The molecule has 19 heavy (non-hydrogen) atoms. The average molecular weight is 269 g/mol. The third-order valence-corrected chi connectivity index (χ3v) is 3.90. The van der Waals surface area contributed by atoms with Crippen LogP contribution in [-0.4, -0.2) is 42.5 Å². The molecular formula is C15H31N3O. The molecule has 112 valence electrons. The van der Waals surface area contributed by atoms with E-state index in [0.717, 1.165) is 45.4 Å². The number of carbonyl (C=O) groups excluding carboxylic acids is 1. The number of hydrogen-bond donors (Lipinski definition) is 2. The number of hydrogen-bond acceptors (Lipinski definition) is 3. The van der Waals surface area contributed by atoms with E-state index in [0.29, 0.717) is 11.8 Å². The first kappa shape index (κ1) is 16.4. The summed E-state index contributed by atoms with van der Waals surface area (Å²) in [6.45, 7) is 12.6. The minimum absolute atomic E-state index is 0.142. The normalized spacial score (nSPS) is 18.8. The number of rotatable bonds is 6. The molecule has 0 aromatic carbocycles. The fraction of sp³-hybridized carbons (Fsp3) is 0.933. The molecule has 3 N–H and O–H groups in total. The van der Waals surface area contributed by atoms with Crippen molar-refractivity contribution >= 4 is 5.91 Å². The Balaban J connectivity index is 3.00. The number of amides is 1. The summed E-state index contributed by atoms with van der Waals surface area (Å²) in [7, 11) is 0. The van der Waals surface area contributed by atoms with Crippen LogP contribution in [0.4, 0.5) is 0 Å². The van der Waals surface area contributed by atoms with Crippen LogP contribution in [0.2, 0.25) is 0 Å². The lowest BCUT2D eigenvalue weighted by atomic mass is 9.79. The van der Waals surface area contributed by atoms with Gasteiger partial charge in [-0.25, -0.2) is 0 Å². The van der Waals surface area contributed by atoms with Crippen LogP contribution in [0.5, 0.6) is 0 Å². The van der Waals surface area contributed by atoms with Crippen molar-refractivity contribution in [1.29, 1.82) is 0 Å². The van der Waals surface area contributed by atoms with Crippen LogP contribution in [0, 0.1) is 11.8 Å². The van der Waals surface area contributed by atoms with Crippen molar-refractivity contribution in [3.63, 3.8) is 0 Å². The van der Waals surface area contributed by atoms with Crippen LogP contribution >= 0.6 is 0 Å². The predicted molar refractivity (Wildman–Crippen MR) is 79.9 cm³/mol. The molecule has 0 saturated carbocycles. The second-order valence-electron chi connectivity index (χ2n) is 6.68. The molecule has 0 aliphatic carbocycles. The number of carbonyl (C=O) groups is 1. The summed E-state index contributed by atoms with van der Waals surface area (Å²) in [4.78, 5) is 14.6. The van der Waals surface area contributed by atoms with Crippen molar-refractivity contribution < 1.29 is 4.79 Å². The Morgan fingerprint density at radius 2 is 1.74 bits per heavy atom. The number of nitrogens with one attached hydrogen (secondary N) is 1. The van der Waals surface area contributed by atoms with Gasteiger partial charge in [0.15, 0.2) is 0 Å². The molecule has 0 aromatic rings. The summed E-state index contributed by atoms with van der Waals surface area (Å²) in [5, 5.41) is 3.40. The highest BCUT2D eigenvalue weighted by Gasteiger charge is 2.43. The molecule has 0 unspecified atom stereocenters. The lowest BCUT2D eigenvalue weighted by molar-refractivity contribution is -0.133. The van der Waals surface area contributed by atoms with E-state index in [1.807, 2.05) is 0 Å². The first-order valence-electron chi connectivity index (χ1n) is 7.64. The molecule has 1 fully saturated rings. The summed E-state index contributed by atoms with van der Waals surface area (Å²) >= 11 is 0. The molecule has 4 heteroatoms. The van der Waals surface area contributed by atoms with Crippen molar-refractivity contribution in [3.8, 4) is 0 Å². The van der Waals surface area contributed by atoms with Crippen LogP contribution in [0.15, 0.2) is 0 Å². The number of primary amides is 1. The predicted octanol–water partition coefficient (Wildman–Crippen LogP) is 1.60. The van der Waals surface area contributed by atoms with Gasteiger partial charge in [-0.15, -0.1) is 0 Å². The van der Waals surface area contributed by atoms with Gasteiger partial charge in [0.2, 0.25) is 5.91 Å². The SMILES string of the molecule is CC(C)CC(CC(C)C)(C(N)=O)N1CCCNCC1. The molecule has 1 saturated heterocycles. The third-order valence-electron chi connectivity index (χ3n) is 3.90. The van der Waals surface area contributed by atoms with E-state index in [-0.39, 0.29) is 5.91 Å². The smallest absolute Gasteiger partial charge is 0.237 e. The fourth-order valence-electron chi connectivity index (χ4n) is 3.32. The Bertz CT molecular complexity index is 271. The zero-order chi connectivity index (χ0) is 14.5. The monoisotopic (exact) mass is 269 g/mol. The zero-order valence-electron chi connectivity index (χ0n) is 13.0. The lowest BCUT2D eigenvalue weighted by Gasteiger charge is -2.43. The van der Waals surface area contributed by atoms with E-state index in [2.05, 4.69) is 37.9 Å². The van der Waals surface area contributed by atoms with Gasteiger partial charge >= 0.3 is 0 Å². The highest BCUT2D eigenvalue weighted by Crippen LogP contribution is 2.31. The van der Waals surface area contributed by atoms with E-state index < -0.39 is 5.54 Å². The highest BCUT2D eigenvalue weighted by atomic mass is 16.1. The van der Waals surface area contributed by atoms with Crippen molar-refractivity contribution in [2.24, 2.45) is 17.6 Å². The van der Waals surface area contributed by atoms with E-state index in [1.54, 1.807) is 0 Å². The Labute approximate surface area is 118 Å². The van der Waals surface area contributed by atoms with E-state index in [4.69, 9.17) is 5.73 Å². The molecule has 0 bridgehead atoms. The summed E-state index contributed by atoms with van der Waals surface area (Å²) in [6, 6.07) is 0. The molecule has 4 nitrogen and oxygen atoms in total. The molecule has 1 heterocycles. The molecule has 1 rings (SSSR count). The Hall–Kier alpha value is -0.610. The van der Waals surface area contributed by atoms with E-state index in [9.17, 15) is 4.79 Å². The Morgan fingerprint density at radius 3 is 2.21 bits per heavy atom. The zero-order valence-corrected chi connectivity index (χ0v) is 13.0. The maximum atomic E-state index is 12.3. The molecule has 1 aliphatic rings. The van der Waals surface area contributed by atoms with E-state index in [1.165, 1.54) is 0 Å². The molecule has 0 spiro atoms. The standard InChI is InChI=1S/C15H31N3O/c1-12(2)10-15(14(16)19,11-13(3)4)18-8-5-6-17-7-9-18/h12-13,17H,5-11H2,1-4H3,(H2,16,19).